The summed E-state index contributed by atoms with van der Waals surface area (Å²) in [6.45, 7) is 10.6. The van der Waals surface area contributed by atoms with Gasteiger partial charge >= 0.3 is 0 Å². The Hall–Kier alpha value is -0.610. The number of carbonyl (C=O) groups excluding carboxylic acids is 1. The topological polar surface area (TPSA) is 52.6 Å². The minimum absolute atomic E-state index is 0.198. The third-order valence-corrected chi connectivity index (χ3v) is 1.79. The molecular formula is C11H24N2O2. The van der Waals surface area contributed by atoms with Gasteiger partial charge in [-0.3, -0.25) is 4.79 Å². The van der Waals surface area contributed by atoms with Gasteiger partial charge in [0, 0.05) is 26.6 Å². The van der Waals surface area contributed by atoms with Crippen molar-refractivity contribution >= 4 is 5.91 Å². The Morgan fingerprint density at radius 3 is 2.27 bits per heavy atom. The van der Waals surface area contributed by atoms with E-state index in [1.165, 1.54) is 0 Å². The number of carbonyl (C=O) groups is 1. The van der Waals surface area contributed by atoms with Gasteiger partial charge in [0.2, 0.25) is 5.91 Å². The lowest BCUT2D eigenvalue weighted by molar-refractivity contribution is -0.128. The molecule has 1 rings (SSSR count). The van der Waals surface area contributed by atoms with Gasteiger partial charge in [-0.15, -0.1) is 0 Å². The fraction of sp³-hybridized carbons (Fsp3) is 0.909. The zero-order valence-electron chi connectivity index (χ0n) is 10.3. The van der Waals surface area contributed by atoms with E-state index in [9.17, 15) is 4.79 Å². The number of aliphatic hydroxyl groups is 1. The van der Waals surface area contributed by atoms with E-state index in [0.29, 0.717) is 0 Å². The summed E-state index contributed by atoms with van der Waals surface area (Å²) in [7, 11) is 0. The van der Waals surface area contributed by atoms with Crippen molar-refractivity contribution in [1.29, 1.82) is 0 Å². The molecular weight excluding hydrogens is 192 g/mol. The molecule has 1 amide bonds. The van der Waals surface area contributed by atoms with E-state index in [-0.39, 0.29) is 5.91 Å². The number of rotatable bonds is 0. The summed E-state index contributed by atoms with van der Waals surface area (Å²) in [5.41, 5.74) is -0.500. The van der Waals surface area contributed by atoms with Crippen molar-refractivity contribution in [2.24, 2.45) is 0 Å². The molecule has 1 aliphatic heterocycles. The first kappa shape index (κ1) is 14.4. The van der Waals surface area contributed by atoms with Crippen LogP contribution in [0.2, 0.25) is 0 Å². The first-order chi connectivity index (χ1) is 6.80. The van der Waals surface area contributed by atoms with Gasteiger partial charge in [0.15, 0.2) is 0 Å². The monoisotopic (exact) mass is 216 g/mol. The second-order valence-corrected chi connectivity index (χ2v) is 4.78. The van der Waals surface area contributed by atoms with Gasteiger partial charge < -0.3 is 15.3 Å². The largest absolute Gasteiger partial charge is 0.391 e. The van der Waals surface area contributed by atoms with Crippen LogP contribution >= 0.6 is 0 Å². The molecule has 90 valence electrons. The molecule has 0 atom stereocenters. The van der Waals surface area contributed by atoms with Crippen molar-refractivity contribution in [3.05, 3.63) is 0 Å². The highest BCUT2D eigenvalue weighted by Gasteiger charge is 2.09. The molecule has 1 fully saturated rings. The van der Waals surface area contributed by atoms with E-state index in [1.807, 2.05) is 4.90 Å². The van der Waals surface area contributed by atoms with Gasteiger partial charge in [-0.1, -0.05) is 0 Å². The summed E-state index contributed by atoms with van der Waals surface area (Å²) in [6, 6.07) is 0. The molecule has 0 aliphatic carbocycles. The molecule has 4 nitrogen and oxygen atoms in total. The highest BCUT2D eigenvalue weighted by molar-refractivity contribution is 5.73. The number of amides is 1. The number of nitrogens with zero attached hydrogens (tertiary/aromatic N) is 1. The lowest BCUT2D eigenvalue weighted by Gasteiger charge is -2.16. The van der Waals surface area contributed by atoms with Crippen LogP contribution in [0.25, 0.3) is 0 Å². The Morgan fingerprint density at radius 2 is 1.80 bits per heavy atom. The Morgan fingerprint density at radius 1 is 1.27 bits per heavy atom. The van der Waals surface area contributed by atoms with Crippen LogP contribution in [0, 0.1) is 0 Å². The van der Waals surface area contributed by atoms with Crippen molar-refractivity contribution in [3.63, 3.8) is 0 Å². The Bertz CT molecular complexity index is 174. The molecule has 0 aromatic heterocycles. The molecule has 0 saturated carbocycles. The summed E-state index contributed by atoms with van der Waals surface area (Å²) in [6.07, 6.45) is 1.08. The minimum Gasteiger partial charge on any atom is -0.391 e. The highest BCUT2D eigenvalue weighted by Crippen LogP contribution is 1.94. The maximum atomic E-state index is 10.8. The smallest absolute Gasteiger partial charge is 0.219 e. The zero-order chi connectivity index (χ0) is 11.9. The fourth-order valence-corrected chi connectivity index (χ4v) is 1.16. The van der Waals surface area contributed by atoms with Crippen molar-refractivity contribution in [2.75, 3.05) is 26.2 Å². The van der Waals surface area contributed by atoms with E-state index in [2.05, 4.69) is 5.32 Å². The lowest BCUT2D eigenvalue weighted by Crippen LogP contribution is -2.32. The van der Waals surface area contributed by atoms with Gasteiger partial charge in [0.05, 0.1) is 5.60 Å². The van der Waals surface area contributed by atoms with Crippen molar-refractivity contribution in [3.8, 4) is 0 Å². The van der Waals surface area contributed by atoms with Crippen LogP contribution in [-0.2, 0) is 4.79 Å². The second kappa shape index (κ2) is 6.80. The quantitative estimate of drug-likeness (QED) is 0.623. The average molecular weight is 216 g/mol. The van der Waals surface area contributed by atoms with Gasteiger partial charge in [-0.2, -0.15) is 0 Å². The molecule has 0 bridgehead atoms. The second-order valence-electron chi connectivity index (χ2n) is 4.78. The van der Waals surface area contributed by atoms with Gasteiger partial charge in [0.1, 0.15) is 0 Å². The molecule has 1 saturated heterocycles. The predicted molar refractivity (Wildman–Crippen MR) is 61.7 cm³/mol. The van der Waals surface area contributed by atoms with Crippen LogP contribution < -0.4 is 5.32 Å². The number of hydrogen-bond donors (Lipinski definition) is 2. The SMILES string of the molecule is CC(=O)N1CCCNCC1.CC(C)(C)O. The molecule has 2 N–H and O–H groups in total. The van der Waals surface area contributed by atoms with E-state index < -0.39 is 5.60 Å². The summed E-state index contributed by atoms with van der Waals surface area (Å²) < 4.78 is 0. The van der Waals surface area contributed by atoms with Crippen LogP contribution in [-0.4, -0.2) is 47.7 Å². The van der Waals surface area contributed by atoms with Crippen molar-refractivity contribution in [1.82, 2.24) is 10.2 Å². The van der Waals surface area contributed by atoms with Crippen LogP contribution in [0.15, 0.2) is 0 Å². The molecule has 0 aromatic rings. The lowest BCUT2D eigenvalue weighted by atomic mass is 10.2. The molecule has 4 heteroatoms. The first-order valence-electron chi connectivity index (χ1n) is 5.49. The number of hydrogen-bond acceptors (Lipinski definition) is 3. The molecule has 1 aliphatic rings. The maximum Gasteiger partial charge on any atom is 0.219 e. The Balaban J connectivity index is 0.000000336. The van der Waals surface area contributed by atoms with Gasteiger partial charge in [-0.05, 0) is 33.7 Å². The molecule has 0 aromatic carbocycles. The summed E-state index contributed by atoms with van der Waals surface area (Å²) >= 11 is 0. The maximum absolute atomic E-state index is 10.8. The molecule has 0 radical (unpaired) electrons. The molecule has 0 spiro atoms. The summed E-state index contributed by atoms with van der Waals surface area (Å²) in [5, 5.41) is 11.8. The van der Waals surface area contributed by atoms with Crippen LogP contribution in [0.1, 0.15) is 34.1 Å². The van der Waals surface area contributed by atoms with Crippen LogP contribution in [0.3, 0.4) is 0 Å². The van der Waals surface area contributed by atoms with E-state index in [0.717, 1.165) is 32.6 Å². The summed E-state index contributed by atoms with van der Waals surface area (Å²) in [4.78, 5) is 12.7. The van der Waals surface area contributed by atoms with Crippen molar-refractivity contribution < 1.29 is 9.90 Å². The molecule has 1 heterocycles. The Labute approximate surface area is 92.7 Å². The van der Waals surface area contributed by atoms with Gasteiger partial charge in [0.25, 0.3) is 0 Å². The van der Waals surface area contributed by atoms with Crippen LogP contribution in [0.4, 0.5) is 0 Å². The van der Waals surface area contributed by atoms with Crippen molar-refractivity contribution in [2.45, 2.75) is 39.7 Å². The Kier molecular flexibility index (Phi) is 6.52. The van der Waals surface area contributed by atoms with E-state index in [4.69, 9.17) is 5.11 Å². The fourth-order valence-electron chi connectivity index (χ4n) is 1.16. The molecule has 15 heavy (non-hydrogen) atoms. The normalized spacial score (nSPS) is 17.5. The van der Waals surface area contributed by atoms with E-state index >= 15 is 0 Å². The number of nitrogens with one attached hydrogen (secondary N) is 1. The third kappa shape index (κ3) is 11.3. The minimum atomic E-state index is -0.500. The van der Waals surface area contributed by atoms with Gasteiger partial charge in [-0.25, -0.2) is 0 Å². The van der Waals surface area contributed by atoms with E-state index in [1.54, 1.807) is 27.7 Å². The molecule has 0 unspecified atom stereocenters. The average Bonchev–Trinajstić information content (AvgIpc) is 2.27. The van der Waals surface area contributed by atoms with Crippen LogP contribution in [0.5, 0.6) is 0 Å². The highest BCUT2D eigenvalue weighted by atomic mass is 16.3. The third-order valence-electron chi connectivity index (χ3n) is 1.79. The summed E-state index contributed by atoms with van der Waals surface area (Å²) in [5.74, 6) is 0.198. The standard InChI is InChI=1S/C7H14N2O.C4H10O/c1-7(10)9-5-2-3-8-4-6-9;1-4(2,3)5/h8H,2-6H2,1H3;5H,1-3H3. The predicted octanol–water partition coefficient (Wildman–Crippen LogP) is 0.605. The first-order valence-corrected chi connectivity index (χ1v) is 5.49. The zero-order valence-corrected chi connectivity index (χ0v) is 10.3.